The van der Waals surface area contributed by atoms with E-state index in [0.717, 1.165) is 17.1 Å². The Labute approximate surface area is 186 Å². The van der Waals surface area contributed by atoms with Crippen LogP contribution in [0.25, 0.3) is 0 Å². The zero-order chi connectivity index (χ0) is 22.7. The molecule has 0 unspecified atom stereocenters. The maximum absolute atomic E-state index is 13.2. The summed E-state index contributed by atoms with van der Waals surface area (Å²) < 4.78 is 5.61. The van der Waals surface area contributed by atoms with Crippen molar-refractivity contribution in [1.29, 1.82) is 0 Å². The molecule has 0 bridgehead atoms. The van der Waals surface area contributed by atoms with E-state index in [0.29, 0.717) is 31.8 Å². The fraction of sp³-hybridized carbons (Fsp3) is 0.423. The number of ether oxygens (including phenoxy) is 1. The molecule has 3 rings (SSSR count). The van der Waals surface area contributed by atoms with Crippen LogP contribution in [0, 0.1) is 13.8 Å². The molecule has 31 heavy (non-hydrogen) atoms. The Morgan fingerprint density at radius 1 is 1.19 bits per heavy atom. The highest BCUT2D eigenvalue weighted by molar-refractivity contribution is 5.97. The van der Waals surface area contributed by atoms with Crippen molar-refractivity contribution in [2.75, 3.05) is 19.7 Å². The van der Waals surface area contributed by atoms with Crippen molar-refractivity contribution in [1.82, 2.24) is 15.1 Å². The third-order valence-electron chi connectivity index (χ3n) is 6.14. The fourth-order valence-electron chi connectivity index (χ4n) is 3.87. The van der Waals surface area contributed by atoms with Crippen LogP contribution < -0.4 is 5.32 Å². The fourth-order valence-corrected chi connectivity index (χ4v) is 3.87. The van der Waals surface area contributed by atoms with Crippen LogP contribution in [0.5, 0.6) is 0 Å². The summed E-state index contributed by atoms with van der Waals surface area (Å²) in [6.45, 7) is 19.4. The molecule has 0 spiro atoms. The molecule has 0 saturated carbocycles. The van der Waals surface area contributed by atoms with Gasteiger partial charge in [0.15, 0.2) is 0 Å². The minimum atomic E-state index is 0.0291. The number of aryl methyl sites for hydroxylation is 2. The van der Waals surface area contributed by atoms with E-state index in [2.05, 4.69) is 64.7 Å². The van der Waals surface area contributed by atoms with Crippen molar-refractivity contribution >= 4 is 5.91 Å². The van der Waals surface area contributed by atoms with Crippen molar-refractivity contribution in [3.8, 4) is 0 Å². The first kappa shape index (κ1) is 22.9. The molecule has 0 aliphatic carbocycles. The predicted molar refractivity (Wildman–Crippen MR) is 126 cm³/mol. The molecule has 0 radical (unpaired) electrons. The van der Waals surface area contributed by atoms with Gasteiger partial charge in [-0.3, -0.25) is 4.79 Å². The van der Waals surface area contributed by atoms with Gasteiger partial charge in [0.25, 0.3) is 5.91 Å². The number of hydrogen-bond acceptors (Lipinski definition) is 4. The van der Waals surface area contributed by atoms with Crippen LogP contribution in [0.4, 0.5) is 0 Å². The Morgan fingerprint density at radius 2 is 1.84 bits per heavy atom. The summed E-state index contributed by atoms with van der Waals surface area (Å²) >= 11 is 0. The van der Waals surface area contributed by atoms with Gasteiger partial charge in [0, 0.05) is 38.1 Å². The zero-order valence-corrected chi connectivity index (χ0v) is 19.7. The zero-order valence-electron chi connectivity index (χ0n) is 19.7. The van der Waals surface area contributed by atoms with Crippen LogP contribution in [0.1, 0.15) is 44.4 Å². The number of benzene rings is 1. The molecule has 1 amide bonds. The molecule has 2 aliphatic heterocycles. The van der Waals surface area contributed by atoms with E-state index in [1.807, 2.05) is 29.0 Å². The quantitative estimate of drug-likeness (QED) is 0.701. The summed E-state index contributed by atoms with van der Waals surface area (Å²) in [4.78, 5) is 17.0. The van der Waals surface area contributed by atoms with Crippen molar-refractivity contribution < 1.29 is 9.53 Å². The van der Waals surface area contributed by atoms with Gasteiger partial charge >= 0.3 is 0 Å². The number of hydrogen-bond donors (Lipinski definition) is 1. The maximum Gasteiger partial charge on any atom is 0.255 e. The average Bonchev–Trinajstić information content (AvgIpc) is 2.70. The van der Waals surface area contributed by atoms with Crippen molar-refractivity contribution in [3.63, 3.8) is 0 Å². The highest BCUT2D eigenvalue weighted by Crippen LogP contribution is 2.29. The molecule has 1 aromatic rings. The number of amides is 1. The summed E-state index contributed by atoms with van der Waals surface area (Å²) in [6.07, 6.45) is 3.99. The van der Waals surface area contributed by atoms with Gasteiger partial charge in [0.05, 0.1) is 23.1 Å². The molecular weight excluding hydrogens is 386 g/mol. The molecule has 1 saturated heterocycles. The first-order valence-corrected chi connectivity index (χ1v) is 11.0. The van der Waals surface area contributed by atoms with E-state index in [1.165, 1.54) is 22.3 Å². The maximum atomic E-state index is 13.2. The minimum absolute atomic E-state index is 0.0291. The van der Waals surface area contributed by atoms with Crippen LogP contribution in [-0.4, -0.2) is 41.5 Å². The normalized spacial score (nSPS) is 16.5. The third-order valence-corrected chi connectivity index (χ3v) is 6.14. The van der Waals surface area contributed by atoms with Gasteiger partial charge < -0.3 is 19.9 Å². The second-order valence-corrected chi connectivity index (χ2v) is 8.56. The number of carbonyl (C=O) groups is 1. The number of likely N-dealkylation sites (tertiary alicyclic amines) is 1. The summed E-state index contributed by atoms with van der Waals surface area (Å²) in [7, 11) is 0. The molecule has 5 heteroatoms. The van der Waals surface area contributed by atoms with Crippen molar-refractivity contribution in [3.05, 3.63) is 82.0 Å². The second-order valence-electron chi connectivity index (χ2n) is 8.56. The second kappa shape index (κ2) is 9.56. The van der Waals surface area contributed by atoms with Gasteiger partial charge in [0.2, 0.25) is 0 Å². The number of nitrogens with zero attached hydrogens (tertiary/aromatic N) is 2. The van der Waals surface area contributed by atoms with Crippen molar-refractivity contribution in [2.24, 2.45) is 0 Å². The average molecular weight is 422 g/mol. The highest BCUT2D eigenvalue weighted by atomic mass is 16.5. The molecular formula is C26H35N3O2. The first-order valence-electron chi connectivity index (χ1n) is 11.0. The molecule has 1 aromatic carbocycles. The van der Waals surface area contributed by atoms with Gasteiger partial charge in [0.1, 0.15) is 0 Å². The molecule has 2 heterocycles. The number of nitrogens with one attached hydrogen (secondary N) is 1. The van der Waals surface area contributed by atoms with Crippen LogP contribution in [0.15, 0.2) is 65.3 Å². The lowest BCUT2D eigenvalue weighted by Crippen LogP contribution is -2.55. The molecule has 166 valence electrons. The van der Waals surface area contributed by atoms with Crippen LogP contribution in [-0.2, 0) is 16.1 Å². The Hall–Kier alpha value is -2.79. The minimum Gasteiger partial charge on any atom is -0.379 e. The Morgan fingerprint density at radius 3 is 2.42 bits per heavy atom. The van der Waals surface area contributed by atoms with E-state index in [1.54, 1.807) is 0 Å². The van der Waals surface area contributed by atoms with E-state index in [-0.39, 0.29) is 12.0 Å². The highest BCUT2D eigenvalue weighted by Gasteiger charge is 2.33. The largest absolute Gasteiger partial charge is 0.379 e. The van der Waals surface area contributed by atoms with Gasteiger partial charge in [-0.2, -0.15) is 0 Å². The molecule has 1 fully saturated rings. The monoisotopic (exact) mass is 421 g/mol. The molecule has 0 aromatic heterocycles. The predicted octanol–water partition coefficient (Wildman–Crippen LogP) is 4.55. The van der Waals surface area contributed by atoms with Gasteiger partial charge in [-0.05, 0) is 64.3 Å². The van der Waals surface area contributed by atoms with Crippen LogP contribution >= 0.6 is 0 Å². The smallest absolute Gasteiger partial charge is 0.255 e. The standard InChI is InChI=1S/C26H35N3O2/c1-8-31-23-15-28(16-23)26(30)22-12-25(21(7)29(14-22)20(6)17(2)3)27-13-24-18(4)10-9-11-19(24)5/h9-12,14,23,27H,7-8,13,15-16H2,1-6H3. The SMILES string of the molecule is C=C1C(NCc2c(C)cccc2C)=CC(C(=O)N2CC(OCC)C2)=CN1C(C)=C(C)C. The first-order chi connectivity index (χ1) is 14.7. The Bertz CT molecular complexity index is 941. The van der Waals surface area contributed by atoms with E-state index in [4.69, 9.17) is 4.74 Å². The number of carbonyl (C=O) groups excluding carboxylic acids is 1. The van der Waals surface area contributed by atoms with E-state index < -0.39 is 0 Å². The molecule has 0 atom stereocenters. The van der Waals surface area contributed by atoms with E-state index >= 15 is 0 Å². The molecule has 2 aliphatic rings. The van der Waals surface area contributed by atoms with Gasteiger partial charge in [-0.25, -0.2) is 0 Å². The van der Waals surface area contributed by atoms with Crippen LogP contribution in [0.3, 0.4) is 0 Å². The van der Waals surface area contributed by atoms with Crippen molar-refractivity contribution in [2.45, 2.75) is 54.2 Å². The summed E-state index contributed by atoms with van der Waals surface area (Å²) in [5.41, 5.74) is 8.40. The Balaban J connectivity index is 1.85. The van der Waals surface area contributed by atoms with Gasteiger partial charge in [-0.15, -0.1) is 0 Å². The lowest BCUT2D eigenvalue weighted by molar-refractivity contribution is -0.140. The molecule has 5 nitrogen and oxygen atoms in total. The van der Waals surface area contributed by atoms with Gasteiger partial charge in [-0.1, -0.05) is 30.4 Å². The lowest BCUT2D eigenvalue weighted by Gasteiger charge is -2.40. The third kappa shape index (κ3) is 4.93. The number of rotatable bonds is 7. The summed E-state index contributed by atoms with van der Waals surface area (Å²) in [6, 6.07) is 6.33. The molecule has 1 N–H and O–H groups in total. The van der Waals surface area contributed by atoms with Crippen LogP contribution in [0.2, 0.25) is 0 Å². The Kier molecular flexibility index (Phi) is 7.06. The summed E-state index contributed by atoms with van der Waals surface area (Å²) in [5.74, 6) is 0.0291. The number of allylic oxidation sites excluding steroid dienone is 2. The van der Waals surface area contributed by atoms with E-state index in [9.17, 15) is 4.79 Å². The topological polar surface area (TPSA) is 44.8 Å². The lowest BCUT2D eigenvalue weighted by atomic mass is 10.0. The summed E-state index contributed by atoms with van der Waals surface area (Å²) in [5, 5.41) is 3.54.